The highest BCUT2D eigenvalue weighted by Crippen LogP contribution is 2.67. The van der Waals surface area contributed by atoms with Gasteiger partial charge in [0.25, 0.3) is 0 Å². The number of aliphatic hydroxyl groups is 3. The van der Waals surface area contributed by atoms with Gasteiger partial charge in [0.15, 0.2) is 5.79 Å². The zero-order valence-electron chi connectivity index (χ0n) is 21.7. The Bertz CT molecular complexity index is 726. The first-order chi connectivity index (χ1) is 14.9. The lowest BCUT2D eigenvalue weighted by atomic mass is 9.46. The van der Waals surface area contributed by atoms with Crippen LogP contribution >= 0.6 is 0 Å². The molecule has 3 fully saturated rings. The molecule has 0 aromatic heterocycles. The minimum atomic E-state index is -1.54. The quantitative estimate of drug-likeness (QED) is 0.324. The minimum Gasteiger partial charge on any atom is -0.390 e. The van der Waals surface area contributed by atoms with Crippen molar-refractivity contribution in [3.63, 3.8) is 0 Å². The predicted molar refractivity (Wildman–Crippen MR) is 131 cm³/mol. The van der Waals surface area contributed by atoms with Crippen LogP contribution in [0.2, 0.25) is 0 Å². The first-order valence-electron chi connectivity index (χ1n) is 13.7. The van der Waals surface area contributed by atoms with E-state index in [0.717, 1.165) is 49.9 Å². The molecule has 4 aliphatic carbocycles. The molecule has 0 saturated heterocycles. The summed E-state index contributed by atoms with van der Waals surface area (Å²) in [6.07, 6.45) is 14.3. The van der Waals surface area contributed by atoms with Crippen molar-refractivity contribution in [3.8, 4) is 0 Å². The predicted octanol–water partition coefficient (Wildman–Crippen LogP) is 6.46. The third kappa shape index (κ3) is 3.93. The Morgan fingerprint density at radius 3 is 2.41 bits per heavy atom. The lowest BCUT2D eigenvalue weighted by molar-refractivity contribution is -0.199. The molecule has 4 rings (SSSR count). The summed E-state index contributed by atoms with van der Waals surface area (Å²) >= 11 is 0. The number of hydrogen-bond acceptors (Lipinski definition) is 3. The van der Waals surface area contributed by atoms with Crippen LogP contribution in [0.5, 0.6) is 0 Å². The molecule has 3 heteroatoms. The Balaban J connectivity index is 1.49. The van der Waals surface area contributed by atoms with Crippen molar-refractivity contribution in [1.82, 2.24) is 0 Å². The van der Waals surface area contributed by atoms with Crippen LogP contribution < -0.4 is 0 Å². The maximum atomic E-state index is 11.0. The van der Waals surface area contributed by atoms with Crippen molar-refractivity contribution >= 4 is 0 Å². The smallest absolute Gasteiger partial charge is 0.164 e. The molecule has 3 nitrogen and oxygen atoms in total. The normalized spacial score (nSPS) is 45.1. The van der Waals surface area contributed by atoms with Crippen LogP contribution in [0.15, 0.2) is 11.6 Å². The van der Waals surface area contributed by atoms with Crippen molar-refractivity contribution in [2.75, 3.05) is 0 Å². The summed E-state index contributed by atoms with van der Waals surface area (Å²) in [6.45, 7) is 13.4. The maximum Gasteiger partial charge on any atom is 0.164 e. The van der Waals surface area contributed by atoms with Gasteiger partial charge in [-0.2, -0.15) is 0 Å². The van der Waals surface area contributed by atoms with E-state index >= 15 is 0 Å². The number of hydrogen-bond donors (Lipinski definition) is 3. The summed E-state index contributed by atoms with van der Waals surface area (Å²) in [6, 6.07) is 0. The number of rotatable bonds is 6. The van der Waals surface area contributed by atoms with Crippen LogP contribution in [0.4, 0.5) is 0 Å². The molecule has 4 aliphatic rings. The van der Waals surface area contributed by atoms with Crippen LogP contribution in [0.3, 0.4) is 0 Å². The van der Waals surface area contributed by atoms with Crippen LogP contribution in [0.25, 0.3) is 0 Å². The molecule has 0 aliphatic heterocycles. The second kappa shape index (κ2) is 8.38. The fraction of sp³-hybridized carbons (Fsp3) is 0.931. The van der Waals surface area contributed by atoms with Gasteiger partial charge in [-0.1, -0.05) is 53.2 Å². The molecule has 0 amide bonds. The lowest BCUT2D eigenvalue weighted by Gasteiger charge is -2.59. The van der Waals surface area contributed by atoms with E-state index in [4.69, 9.17) is 0 Å². The largest absolute Gasteiger partial charge is 0.390 e. The highest BCUT2D eigenvalue weighted by molar-refractivity contribution is 5.27. The zero-order valence-corrected chi connectivity index (χ0v) is 21.7. The summed E-state index contributed by atoms with van der Waals surface area (Å²) in [5, 5.41) is 31.7. The second-order valence-electron chi connectivity index (χ2n) is 13.3. The maximum absolute atomic E-state index is 11.0. The molecule has 32 heavy (non-hydrogen) atoms. The highest BCUT2D eigenvalue weighted by Gasteiger charge is 2.59. The summed E-state index contributed by atoms with van der Waals surface area (Å²) in [4.78, 5) is 0. The molecule has 0 radical (unpaired) electrons. The fourth-order valence-electron chi connectivity index (χ4n) is 8.92. The first kappa shape index (κ1) is 24.7. The SMILES string of the molecule is CC[C@]1(O)CC[C@@]2(C)C(=CC[C@H]3[C@@H]4CC[C@H]([C@H](C)CCC(O)(O)C(C)C)[C@@]4(C)CC[C@@H]32)C1. The number of allylic oxidation sites excluding steroid dienone is 1. The van der Waals surface area contributed by atoms with Crippen LogP contribution in [-0.2, 0) is 0 Å². The molecular formula is C29H50O3. The molecule has 184 valence electrons. The van der Waals surface area contributed by atoms with Gasteiger partial charge >= 0.3 is 0 Å². The molecule has 8 atom stereocenters. The van der Waals surface area contributed by atoms with Crippen LogP contribution in [0.1, 0.15) is 112 Å². The molecule has 0 heterocycles. The molecule has 0 aromatic carbocycles. The molecule has 3 N–H and O–H groups in total. The number of fused-ring (bicyclic) bond motifs is 5. The van der Waals surface area contributed by atoms with Crippen molar-refractivity contribution in [2.24, 2.45) is 46.3 Å². The Morgan fingerprint density at radius 1 is 1.03 bits per heavy atom. The minimum absolute atomic E-state index is 0.123. The van der Waals surface area contributed by atoms with E-state index in [1.807, 2.05) is 13.8 Å². The van der Waals surface area contributed by atoms with E-state index in [1.54, 1.807) is 5.57 Å². The summed E-state index contributed by atoms with van der Waals surface area (Å²) < 4.78 is 0. The van der Waals surface area contributed by atoms with Crippen molar-refractivity contribution < 1.29 is 15.3 Å². The molecule has 0 spiro atoms. The van der Waals surface area contributed by atoms with E-state index < -0.39 is 11.4 Å². The van der Waals surface area contributed by atoms with Crippen LogP contribution in [-0.4, -0.2) is 26.7 Å². The summed E-state index contributed by atoms with van der Waals surface area (Å²) in [5.74, 6) is 1.95. The van der Waals surface area contributed by atoms with Gasteiger partial charge in [-0.15, -0.1) is 0 Å². The fourth-order valence-corrected chi connectivity index (χ4v) is 8.92. The Morgan fingerprint density at radius 2 is 1.75 bits per heavy atom. The van der Waals surface area contributed by atoms with Gasteiger partial charge in [0.2, 0.25) is 0 Å². The van der Waals surface area contributed by atoms with E-state index in [2.05, 4.69) is 33.8 Å². The van der Waals surface area contributed by atoms with E-state index in [-0.39, 0.29) is 5.92 Å². The van der Waals surface area contributed by atoms with E-state index in [0.29, 0.717) is 29.1 Å². The summed E-state index contributed by atoms with van der Waals surface area (Å²) in [5.41, 5.74) is 1.78. The Hall–Kier alpha value is -0.380. The Kier molecular flexibility index (Phi) is 6.48. The van der Waals surface area contributed by atoms with Gasteiger partial charge in [-0.3, -0.25) is 0 Å². The average molecular weight is 447 g/mol. The van der Waals surface area contributed by atoms with Crippen LogP contribution in [0, 0.1) is 46.3 Å². The van der Waals surface area contributed by atoms with Gasteiger partial charge in [-0.05, 0) is 105 Å². The molecule has 0 aromatic rings. The van der Waals surface area contributed by atoms with E-state index in [9.17, 15) is 15.3 Å². The topological polar surface area (TPSA) is 60.7 Å². The van der Waals surface area contributed by atoms with Crippen molar-refractivity contribution in [2.45, 2.75) is 124 Å². The van der Waals surface area contributed by atoms with Gasteiger partial charge in [-0.25, -0.2) is 0 Å². The van der Waals surface area contributed by atoms with Gasteiger partial charge in [0, 0.05) is 12.3 Å². The molecule has 0 bridgehead atoms. The standard InChI is InChI=1S/C29H50O3/c1-7-28(30)17-16-26(5)21(18-28)8-9-22-24-11-10-23(27(24,6)14-13-25(22)26)20(4)12-15-29(31,32)19(2)3/h8,19-20,22-25,30-32H,7,9-18H2,1-6H3/t20-,22+,23-,24+,25+,26+,27-,28+/m1/s1. The lowest BCUT2D eigenvalue weighted by Crippen LogP contribution is -2.52. The third-order valence-electron chi connectivity index (χ3n) is 11.6. The van der Waals surface area contributed by atoms with Gasteiger partial charge in [0.05, 0.1) is 5.60 Å². The molecular weight excluding hydrogens is 396 g/mol. The second-order valence-corrected chi connectivity index (χ2v) is 13.3. The first-order valence-corrected chi connectivity index (χ1v) is 13.7. The Labute approximate surface area is 197 Å². The average Bonchev–Trinajstić information content (AvgIpc) is 3.10. The third-order valence-corrected chi connectivity index (χ3v) is 11.6. The molecule has 3 saturated carbocycles. The molecule has 0 unspecified atom stereocenters. The zero-order chi connectivity index (χ0) is 23.5. The summed E-state index contributed by atoms with van der Waals surface area (Å²) in [7, 11) is 0. The van der Waals surface area contributed by atoms with Crippen molar-refractivity contribution in [1.29, 1.82) is 0 Å². The highest BCUT2D eigenvalue weighted by atomic mass is 16.5. The monoisotopic (exact) mass is 446 g/mol. The van der Waals surface area contributed by atoms with Crippen molar-refractivity contribution in [3.05, 3.63) is 11.6 Å². The van der Waals surface area contributed by atoms with Gasteiger partial charge < -0.3 is 15.3 Å². The van der Waals surface area contributed by atoms with Gasteiger partial charge in [0.1, 0.15) is 0 Å². The van der Waals surface area contributed by atoms with E-state index in [1.165, 1.54) is 32.1 Å².